The van der Waals surface area contributed by atoms with Crippen molar-refractivity contribution >= 4 is 17.2 Å². The van der Waals surface area contributed by atoms with E-state index >= 15 is 0 Å². The van der Waals surface area contributed by atoms with Gasteiger partial charge in [-0.2, -0.15) is 0 Å². The summed E-state index contributed by atoms with van der Waals surface area (Å²) in [5.41, 5.74) is 3.03. The molecule has 0 N–H and O–H groups in total. The number of thiophene rings is 1. The molecule has 0 bridgehead atoms. The topological polar surface area (TPSA) is 38.8 Å². The van der Waals surface area contributed by atoms with Crippen LogP contribution in [0.2, 0.25) is 0 Å². The Morgan fingerprint density at radius 2 is 2.22 bits per heavy atom. The van der Waals surface area contributed by atoms with Gasteiger partial charge in [0.15, 0.2) is 0 Å². The molecule has 2 aromatic rings. The van der Waals surface area contributed by atoms with Crippen LogP contribution >= 0.6 is 11.3 Å². The Kier molecular flexibility index (Phi) is 5.10. The van der Waals surface area contributed by atoms with Crippen LogP contribution in [0.1, 0.15) is 15.9 Å². The SMILES string of the molecule is Cc1ccsc1-c1cccc(C(=O)N(C)CC2COCCO2)c1. The molecular formula is C18H21NO3S. The third kappa shape index (κ3) is 3.80. The number of benzene rings is 1. The van der Waals surface area contributed by atoms with Crippen molar-refractivity contribution in [2.24, 2.45) is 0 Å². The fourth-order valence-electron chi connectivity index (χ4n) is 2.71. The lowest BCUT2D eigenvalue weighted by molar-refractivity contribution is -0.0933. The lowest BCUT2D eigenvalue weighted by atomic mass is 10.1. The number of rotatable bonds is 4. The number of carbonyl (C=O) groups is 1. The lowest BCUT2D eigenvalue weighted by Gasteiger charge is -2.27. The highest BCUT2D eigenvalue weighted by Crippen LogP contribution is 2.29. The Morgan fingerprint density at radius 1 is 1.35 bits per heavy atom. The molecule has 0 saturated carbocycles. The van der Waals surface area contributed by atoms with E-state index in [0.717, 1.165) is 5.56 Å². The minimum Gasteiger partial charge on any atom is -0.376 e. The molecule has 1 unspecified atom stereocenters. The van der Waals surface area contributed by atoms with Gasteiger partial charge in [0.2, 0.25) is 0 Å². The smallest absolute Gasteiger partial charge is 0.253 e. The average molecular weight is 331 g/mol. The maximum atomic E-state index is 12.7. The van der Waals surface area contributed by atoms with E-state index < -0.39 is 0 Å². The number of ether oxygens (including phenoxy) is 2. The van der Waals surface area contributed by atoms with Crippen molar-refractivity contribution in [3.8, 4) is 10.4 Å². The van der Waals surface area contributed by atoms with Crippen LogP contribution < -0.4 is 0 Å². The van der Waals surface area contributed by atoms with E-state index in [-0.39, 0.29) is 12.0 Å². The van der Waals surface area contributed by atoms with Gasteiger partial charge in [-0.05, 0) is 41.6 Å². The first-order chi connectivity index (χ1) is 11.1. The van der Waals surface area contributed by atoms with Gasteiger partial charge in [-0.15, -0.1) is 11.3 Å². The molecule has 1 fully saturated rings. The Hall–Kier alpha value is -1.69. The van der Waals surface area contributed by atoms with Gasteiger partial charge in [0, 0.05) is 24.0 Å². The second-order valence-electron chi connectivity index (χ2n) is 5.77. The van der Waals surface area contributed by atoms with E-state index in [2.05, 4.69) is 18.4 Å². The number of amides is 1. The van der Waals surface area contributed by atoms with Crippen LogP contribution in [0.25, 0.3) is 10.4 Å². The maximum absolute atomic E-state index is 12.7. The summed E-state index contributed by atoms with van der Waals surface area (Å²) in [4.78, 5) is 15.6. The zero-order valence-corrected chi connectivity index (χ0v) is 14.3. The maximum Gasteiger partial charge on any atom is 0.253 e. The Labute approximate surface area is 140 Å². The third-order valence-electron chi connectivity index (χ3n) is 3.94. The van der Waals surface area contributed by atoms with Crippen molar-refractivity contribution in [3.63, 3.8) is 0 Å². The van der Waals surface area contributed by atoms with Crippen LogP contribution in [0.15, 0.2) is 35.7 Å². The highest BCUT2D eigenvalue weighted by molar-refractivity contribution is 7.13. The molecule has 0 spiro atoms. The van der Waals surface area contributed by atoms with Gasteiger partial charge < -0.3 is 14.4 Å². The van der Waals surface area contributed by atoms with Gasteiger partial charge in [-0.25, -0.2) is 0 Å². The van der Waals surface area contributed by atoms with Gasteiger partial charge in [0.1, 0.15) is 0 Å². The van der Waals surface area contributed by atoms with Crippen LogP contribution in [-0.4, -0.2) is 50.3 Å². The van der Waals surface area contributed by atoms with Crippen LogP contribution in [0, 0.1) is 6.92 Å². The molecule has 1 saturated heterocycles. The average Bonchev–Trinajstić information content (AvgIpc) is 3.01. The van der Waals surface area contributed by atoms with Crippen LogP contribution in [0.3, 0.4) is 0 Å². The van der Waals surface area contributed by atoms with E-state index in [1.807, 2.05) is 31.3 Å². The van der Waals surface area contributed by atoms with Crippen molar-refractivity contribution in [2.45, 2.75) is 13.0 Å². The molecule has 23 heavy (non-hydrogen) atoms. The first kappa shape index (κ1) is 16.2. The minimum atomic E-state index is -0.0413. The Balaban J connectivity index is 1.73. The van der Waals surface area contributed by atoms with Crippen molar-refractivity contribution in [3.05, 3.63) is 46.8 Å². The number of hydrogen-bond acceptors (Lipinski definition) is 4. The summed E-state index contributed by atoms with van der Waals surface area (Å²) in [6.07, 6.45) is -0.0413. The molecule has 4 nitrogen and oxygen atoms in total. The quantitative estimate of drug-likeness (QED) is 0.863. The van der Waals surface area contributed by atoms with E-state index in [1.54, 1.807) is 16.2 Å². The molecule has 0 radical (unpaired) electrons. The van der Waals surface area contributed by atoms with Gasteiger partial charge in [0.25, 0.3) is 5.91 Å². The number of likely N-dealkylation sites (N-methyl/N-ethyl adjacent to an activating group) is 1. The minimum absolute atomic E-state index is 0.00947. The predicted molar refractivity (Wildman–Crippen MR) is 92.0 cm³/mol. The molecule has 1 amide bonds. The van der Waals surface area contributed by atoms with Crippen molar-refractivity contribution in [1.82, 2.24) is 4.90 Å². The lowest BCUT2D eigenvalue weighted by Crippen LogP contribution is -2.40. The number of hydrogen-bond donors (Lipinski definition) is 0. The molecule has 5 heteroatoms. The number of carbonyl (C=O) groups excluding carboxylic acids is 1. The summed E-state index contributed by atoms with van der Waals surface area (Å²) in [5, 5.41) is 2.08. The molecule has 0 aliphatic carbocycles. The zero-order valence-electron chi connectivity index (χ0n) is 13.5. The predicted octanol–water partition coefficient (Wildman–Crippen LogP) is 3.21. The first-order valence-electron chi connectivity index (χ1n) is 7.74. The van der Waals surface area contributed by atoms with Crippen LogP contribution in [0.5, 0.6) is 0 Å². The standard InChI is InChI=1S/C18H21NO3S/c1-13-6-9-23-17(13)14-4-3-5-15(10-14)18(20)19(2)11-16-12-21-7-8-22-16/h3-6,9-10,16H,7-8,11-12H2,1-2H3. The van der Waals surface area contributed by atoms with Crippen molar-refractivity contribution < 1.29 is 14.3 Å². The zero-order chi connectivity index (χ0) is 16.2. The summed E-state index contributed by atoms with van der Waals surface area (Å²) >= 11 is 1.70. The summed E-state index contributed by atoms with van der Waals surface area (Å²) in [6, 6.07) is 9.92. The van der Waals surface area contributed by atoms with Gasteiger partial charge >= 0.3 is 0 Å². The molecule has 1 aliphatic heterocycles. The summed E-state index contributed by atoms with van der Waals surface area (Å²) in [5.74, 6) is 0.00947. The van der Waals surface area contributed by atoms with Gasteiger partial charge in [-0.1, -0.05) is 12.1 Å². The summed E-state index contributed by atoms with van der Waals surface area (Å²) in [7, 11) is 1.81. The highest BCUT2D eigenvalue weighted by Gasteiger charge is 2.20. The fraction of sp³-hybridized carbons (Fsp3) is 0.389. The molecule has 1 aliphatic rings. The Morgan fingerprint density at radius 3 is 2.91 bits per heavy atom. The largest absolute Gasteiger partial charge is 0.376 e. The third-order valence-corrected chi connectivity index (χ3v) is 5.01. The molecular weight excluding hydrogens is 310 g/mol. The molecule has 1 atom stereocenters. The van der Waals surface area contributed by atoms with E-state index in [9.17, 15) is 4.79 Å². The molecule has 1 aromatic carbocycles. The summed E-state index contributed by atoms with van der Waals surface area (Å²) < 4.78 is 11.0. The molecule has 3 rings (SSSR count). The van der Waals surface area contributed by atoms with Crippen LogP contribution in [-0.2, 0) is 9.47 Å². The first-order valence-corrected chi connectivity index (χ1v) is 8.62. The normalized spacial score (nSPS) is 17.9. The second kappa shape index (κ2) is 7.25. The van der Waals surface area contributed by atoms with Crippen molar-refractivity contribution in [2.75, 3.05) is 33.4 Å². The monoisotopic (exact) mass is 331 g/mol. The van der Waals surface area contributed by atoms with Gasteiger partial charge in [-0.3, -0.25) is 4.79 Å². The molecule has 122 valence electrons. The highest BCUT2D eigenvalue weighted by atomic mass is 32.1. The molecule has 1 aromatic heterocycles. The van der Waals surface area contributed by atoms with E-state index in [1.165, 1.54) is 10.4 Å². The number of nitrogens with zero attached hydrogens (tertiary/aromatic N) is 1. The molecule has 2 heterocycles. The second-order valence-corrected chi connectivity index (χ2v) is 6.68. The van der Waals surface area contributed by atoms with Gasteiger partial charge in [0.05, 0.1) is 25.9 Å². The van der Waals surface area contributed by atoms with Crippen molar-refractivity contribution in [1.29, 1.82) is 0 Å². The van der Waals surface area contributed by atoms with E-state index in [0.29, 0.717) is 31.9 Å². The van der Waals surface area contributed by atoms with E-state index in [4.69, 9.17) is 9.47 Å². The number of aryl methyl sites for hydroxylation is 1. The summed E-state index contributed by atoms with van der Waals surface area (Å²) in [6.45, 7) is 4.41. The van der Waals surface area contributed by atoms with Crippen LogP contribution in [0.4, 0.5) is 0 Å². The Bertz CT molecular complexity index is 676. The fourth-order valence-corrected chi connectivity index (χ4v) is 3.64.